The highest BCUT2D eigenvalue weighted by atomic mass is 32.1. The molecule has 128 valence electrons. The smallest absolute Gasteiger partial charge is 0.253 e. The van der Waals surface area contributed by atoms with Gasteiger partial charge in [0.2, 0.25) is 5.91 Å². The topological polar surface area (TPSA) is 84.2 Å². The fraction of sp³-hybridized carbons (Fsp3) is 0.167. The van der Waals surface area contributed by atoms with E-state index < -0.39 is 0 Å². The fourth-order valence-corrected chi connectivity index (χ4v) is 2.93. The highest BCUT2D eigenvalue weighted by Crippen LogP contribution is 2.16. The van der Waals surface area contributed by atoms with E-state index in [1.54, 1.807) is 42.7 Å². The molecule has 0 saturated heterocycles. The summed E-state index contributed by atoms with van der Waals surface area (Å²) in [5.74, 6) is 0.169. The first-order valence-electron chi connectivity index (χ1n) is 7.72. The molecule has 2 amide bonds. The van der Waals surface area contributed by atoms with Crippen LogP contribution in [0.4, 0.5) is 5.69 Å². The van der Waals surface area contributed by atoms with Crippen LogP contribution in [-0.4, -0.2) is 16.8 Å². The predicted molar refractivity (Wildman–Crippen MR) is 95.5 cm³/mol. The standard InChI is InChI=1S/C18H17N3O3S/c1-12-20-13(11-25-12)9-17(22)21-16-7-3-2-6-15(16)18(23)19-10-14-5-4-8-24-14/h2-8,11H,9-10H2,1H3,(H,19,23)(H,21,22). The summed E-state index contributed by atoms with van der Waals surface area (Å²) in [6.45, 7) is 2.18. The third-order valence-corrected chi connectivity index (χ3v) is 4.28. The first-order valence-corrected chi connectivity index (χ1v) is 8.60. The average molecular weight is 355 g/mol. The van der Waals surface area contributed by atoms with Crippen LogP contribution in [0.5, 0.6) is 0 Å². The Hall–Kier alpha value is -2.93. The molecule has 0 unspecified atom stereocenters. The van der Waals surface area contributed by atoms with Crippen molar-refractivity contribution in [3.63, 3.8) is 0 Å². The number of carbonyl (C=O) groups is 2. The van der Waals surface area contributed by atoms with E-state index in [0.29, 0.717) is 17.0 Å². The summed E-state index contributed by atoms with van der Waals surface area (Å²) in [6, 6.07) is 10.4. The van der Waals surface area contributed by atoms with Crippen molar-refractivity contribution in [2.75, 3.05) is 5.32 Å². The number of aromatic nitrogens is 1. The van der Waals surface area contributed by atoms with E-state index in [1.165, 1.54) is 11.3 Å². The number of amides is 2. The van der Waals surface area contributed by atoms with Crippen molar-refractivity contribution in [3.8, 4) is 0 Å². The van der Waals surface area contributed by atoms with Crippen LogP contribution in [0.15, 0.2) is 52.5 Å². The van der Waals surface area contributed by atoms with Crippen LogP contribution in [0.2, 0.25) is 0 Å². The molecule has 3 aromatic rings. The number of anilines is 1. The molecule has 0 radical (unpaired) electrons. The van der Waals surface area contributed by atoms with E-state index in [2.05, 4.69) is 15.6 Å². The Kier molecular flexibility index (Phi) is 5.25. The van der Waals surface area contributed by atoms with Gasteiger partial charge in [0.25, 0.3) is 5.91 Å². The lowest BCUT2D eigenvalue weighted by molar-refractivity contribution is -0.115. The van der Waals surface area contributed by atoms with E-state index >= 15 is 0 Å². The quantitative estimate of drug-likeness (QED) is 0.711. The number of carbonyl (C=O) groups excluding carboxylic acids is 2. The maximum atomic E-state index is 12.4. The number of hydrogen-bond acceptors (Lipinski definition) is 5. The molecule has 0 saturated carbocycles. The maximum absolute atomic E-state index is 12.4. The van der Waals surface area contributed by atoms with E-state index in [-0.39, 0.29) is 24.8 Å². The highest BCUT2D eigenvalue weighted by Gasteiger charge is 2.14. The monoisotopic (exact) mass is 355 g/mol. The molecule has 7 heteroatoms. The van der Waals surface area contributed by atoms with Gasteiger partial charge in [0.05, 0.1) is 41.2 Å². The maximum Gasteiger partial charge on any atom is 0.253 e. The zero-order valence-corrected chi connectivity index (χ0v) is 14.4. The number of nitrogens with zero attached hydrogens (tertiary/aromatic N) is 1. The number of thiazole rings is 1. The summed E-state index contributed by atoms with van der Waals surface area (Å²) < 4.78 is 5.19. The van der Waals surface area contributed by atoms with Crippen LogP contribution in [0.25, 0.3) is 0 Å². The summed E-state index contributed by atoms with van der Waals surface area (Å²) in [6.07, 6.45) is 1.72. The molecule has 0 aliphatic heterocycles. The second kappa shape index (κ2) is 7.76. The first kappa shape index (κ1) is 16.9. The molecule has 0 spiro atoms. The summed E-state index contributed by atoms with van der Waals surface area (Å²) in [4.78, 5) is 28.9. The zero-order valence-electron chi connectivity index (χ0n) is 13.6. The molecular weight excluding hydrogens is 338 g/mol. The summed E-state index contributed by atoms with van der Waals surface area (Å²) in [5.41, 5.74) is 1.59. The molecule has 0 bridgehead atoms. The van der Waals surface area contributed by atoms with Gasteiger partial charge in [-0.2, -0.15) is 0 Å². The number of hydrogen-bond donors (Lipinski definition) is 2. The first-order chi connectivity index (χ1) is 12.1. The van der Waals surface area contributed by atoms with Gasteiger partial charge in [-0.25, -0.2) is 4.98 Å². The Morgan fingerprint density at radius 2 is 2.04 bits per heavy atom. The molecule has 3 rings (SSSR count). The Bertz CT molecular complexity index is 871. The highest BCUT2D eigenvalue weighted by molar-refractivity contribution is 7.09. The average Bonchev–Trinajstić information content (AvgIpc) is 3.25. The molecule has 6 nitrogen and oxygen atoms in total. The summed E-state index contributed by atoms with van der Waals surface area (Å²) >= 11 is 1.50. The molecule has 0 atom stereocenters. The molecule has 2 aromatic heterocycles. The van der Waals surface area contributed by atoms with Crippen LogP contribution in [0.1, 0.15) is 26.8 Å². The van der Waals surface area contributed by atoms with Gasteiger partial charge < -0.3 is 15.1 Å². The summed E-state index contributed by atoms with van der Waals surface area (Å²) in [5, 5.41) is 8.33. The van der Waals surface area contributed by atoms with E-state index in [9.17, 15) is 9.59 Å². The number of aryl methyl sites for hydroxylation is 1. The number of furan rings is 1. The van der Waals surface area contributed by atoms with E-state index in [1.807, 2.05) is 12.3 Å². The SMILES string of the molecule is Cc1nc(CC(=O)Nc2ccccc2C(=O)NCc2ccco2)cs1. The van der Waals surface area contributed by atoms with Gasteiger partial charge in [-0.1, -0.05) is 12.1 Å². The van der Waals surface area contributed by atoms with Crippen molar-refractivity contribution >= 4 is 28.8 Å². The Morgan fingerprint density at radius 1 is 1.20 bits per heavy atom. The van der Waals surface area contributed by atoms with Crippen LogP contribution in [-0.2, 0) is 17.8 Å². The van der Waals surface area contributed by atoms with Crippen LogP contribution in [0, 0.1) is 6.92 Å². The van der Waals surface area contributed by atoms with E-state index in [4.69, 9.17) is 4.42 Å². The van der Waals surface area contributed by atoms with Crippen LogP contribution < -0.4 is 10.6 Å². The van der Waals surface area contributed by atoms with Gasteiger partial charge in [0.1, 0.15) is 5.76 Å². The Balaban J connectivity index is 1.65. The number of benzene rings is 1. The summed E-state index contributed by atoms with van der Waals surface area (Å²) in [7, 11) is 0. The normalized spacial score (nSPS) is 10.4. The number of para-hydroxylation sites is 1. The minimum absolute atomic E-state index is 0.173. The van der Waals surface area contributed by atoms with Gasteiger partial charge in [-0.3, -0.25) is 9.59 Å². The van der Waals surface area contributed by atoms with Gasteiger partial charge in [-0.15, -0.1) is 11.3 Å². The van der Waals surface area contributed by atoms with Crippen molar-refractivity contribution in [3.05, 3.63) is 70.1 Å². The van der Waals surface area contributed by atoms with Gasteiger partial charge in [-0.05, 0) is 31.2 Å². The van der Waals surface area contributed by atoms with Crippen molar-refractivity contribution in [1.29, 1.82) is 0 Å². The van der Waals surface area contributed by atoms with Crippen LogP contribution >= 0.6 is 11.3 Å². The molecule has 0 aliphatic carbocycles. The Labute approximate surface area is 148 Å². The van der Waals surface area contributed by atoms with Crippen molar-refractivity contribution in [2.24, 2.45) is 0 Å². The molecular formula is C18H17N3O3S. The zero-order chi connectivity index (χ0) is 17.6. The van der Waals surface area contributed by atoms with Gasteiger partial charge in [0, 0.05) is 5.38 Å². The second-order valence-corrected chi connectivity index (χ2v) is 6.45. The number of rotatable bonds is 6. The lowest BCUT2D eigenvalue weighted by Crippen LogP contribution is -2.25. The third-order valence-electron chi connectivity index (χ3n) is 3.46. The second-order valence-electron chi connectivity index (χ2n) is 5.39. The molecule has 0 fully saturated rings. The Morgan fingerprint density at radius 3 is 2.76 bits per heavy atom. The van der Waals surface area contributed by atoms with Crippen molar-refractivity contribution < 1.29 is 14.0 Å². The number of nitrogens with one attached hydrogen (secondary N) is 2. The van der Waals surface area contributed by atoms with Crippen LogP contribution in [0.3, 0.4) is 0 Å². The van der Waals surface area contributed by atoms with Crippen molar-refractivity contribution in [1.82, 2.24) is 10.3 Å². The minimum Gasteiger partial charge on any atom is -0.467 e. The lowest BCUT2D eigenvalue weighted by atomic mass is 10.1. The third kappa shape index (κ3) is 4.54. The molecule has 2 heterocycles. The molecule has 25 heavy (non-hydrogen) atoms. The largest absolute Gasteiger partial charge is 0.467 e. The molecule has 2 N–H and O–H groups in total. The van der Waals surface area contributed by atoms with Gasteiger partial charge >= 0.3 is 0 Å². The minimum atomic E-state index is -0.281. The van der Waals surface area contributed by atoms with Crippen molar-refractivity contribution in [2.45, 2.75) is 19.9 Å². The van der Waals surface area contributed by atoms with Gasteiger partial charge in [0.15, 0.2) is 0 Å². The lowest BCUT2D eigenvalue weighted by Gasteiger charge is -2.10. The van der Waals surface area contributed by atoms with E-state index in [0.717, 1.165) is 10.7 Å². The fourth-order valence-electron chi connectivity index (χ4n) is 2.31. The molecule has 1 aromatic carbocycles. The predicted octanol–water partition coefficient (Wildman–Crippen LogP) is 3.16. The molecule has 0 aliphatic rings.